The van der Waals surface area contributed by atoms with Crippen molar-refractivity contribution in [2.24, 2.45) is 5.92 Å². The summed E-state index contributed by atoms with van der Waals surface area (Å²) in [5.74, 6) is -1.45. The zero-order valence-electron chi connectivity index (χ0n) is 14.1. The number of nitrogens with one attached hydrogen (secondary N) is 1. The first-order valence-corrected chi connectivity index (χ1v) is 8.24. The van der Waals surface area contributed by atoms with E-state index in [1.165, 1.54) is 12.1 Å². The van der Waals surface area contributed by atoms with Crippen LogP contribution in [0.4, 0.5) is 4.39 Å². The highest BCUT2D eigenvalue weighted by Gasteiger charge is 2.19. The normalized spacial score (nSPS) is 13.0. The van der Waals surface area contributed by atoms with E-state index in [0.717, 1.165) is 11.1 Å². The molecule has 2 rings (SSSR count). The molecule has 2 N–H and O–H groups in total. The Labute approximate surface area is 146 Å². The Kier molecular flexibility index (Phi) is 6.69. The SMILES string of the molecule is CC(CC(=O)NC(CC(=O)O)c1ccccc1)Cc1cccc(F)c1. The van der Waals surface area contributed by atoms with Crippen molar-refractivity contribution in [2.75, 3.05) is 0 Å². The van der Waals surface area contributed by atoms with Crippen LogP contribution in [0.1, 0.15) is 36.9 Å². The zero-order valence-corrected chi connectivity index (χ0v) is 14.1. The van der Waals surface area contributed by atoms with E-state index < -0.39 is 12.0 Å². The van der Waals surface area contributed by atoms with Gasteiger partial charge in [0, 0.05) is 6.42 Å². The summed E-state index contributed by atoms with van der Waals surface area (Å²) in [6, 6.07) is 14.8. The highest BCUT2D eigenvalue weighted by molar-refractivity contribution is 5.78. The summed E-state index contributed by atoms with van der Waals surface area (Å²) in [4.78, 5) is 23.4. The largest absolute Gasteiger partial charge is 0.481 e. The first kappa shape index (κ1) is 18.6. The first-order valence-electron chi connectivity index (χ1n) is 8.24. The molecule has 2 aromatic rings. The summed E-state index contributed by atoms with van der Waals surface area (Å²) >= 11 is 0. The van der Waals surface area contributed by atoms with Gasteiger partial charge in [-0.05, 0) is 35.6 Å². The van der Waals surface area contributed by atoms with E-state index in [-0.39, 0.29) is 30.5 Å². The number of hydrogen-bond donors (Lipinski definition) is 2. The lowest BCUT2D eigenvalue weighted by atomic mass is 9.97. The van der Waals surface area contributed by atoms with Crippen LogP contribution in [-0.4, -0.2) is 17.0 Å². The van der Waals surface area contributed by atoms with Crippen LogP contribution in [0.25, 0.3) is 0 Å². The van der Waals surface area contributed by atoms with Gasteiger partial charge in [0.25, 0.3) is 0 Å². The predicted octanol–water partition coefficient (Wildman–Crippen LogP) is 3.73. The summed E-state index contributed by atoms with van der Waals surface area (Å²) in [7, 11) is 0. The first-order chi connectivity index (χ1) is 11.9. The number of carboxylic acids is 1. The van der Waals surface area contributed by atoms with Gasteiger partial charge in [-0.25, -0.2) is 4.39 Å². The molecule has 1 amide bonds. The van der Waals surface area contributed by atoms with Crippen LogP contribution < -0.4 is 5.32 Å². The van der Waals surface area contributed by atoms with Gasteiger partial charge in [0.05, 0.1) is 12.5 Å². The molecule has 0 spiro atoms. The molecule has 0 heterocycles. The second kappa shape index (κ2) is 8.97. The fraction of sp³-hybridized carbons (Fsp3) is 0.300. The van der Waals surface area contributed by atoms with Crippen molar-refractivity contribution in [3.63, 3.8) is 0 Å². The lowest BCUT2D eigenvalue weighted by Crippen LogP contribution is -2.31. The number of carboxylic acid groups (broad SMARTS) is 1. The summed E-state index contributed by atoms with van der Waals surface area (Å²) in [6.07, 6.45) is 0.660. The minimum absolute atomic E-state index is 0.0167. The molecule has 0 radical (unpaired) electrons. The maximum atomic E-state index is 13.2. The molecule has 132 valence electrons. The van der Waals surface area contributed by atoms with E-state index in [0.29, 0.717) is 6.42 Å². The van der Waals surface area contributed by atoms with E-state index in [9.17, 15) is 14.0 Å². The second-order valence-corrected chi connectivity index (χ2v) is 6.27. The monoisotopic (exact) mass is 343 g/mol. The Morgan fingerprint density at radius 1 is 1.08 bits per heavy atom. The number of aliphatic carboxylic acids is 1. The molecule has 25 heavy (non-hydrogen) atoms. The number of halogens is 1. The standard InChI is InChI=1S/C20H22FNO3/c1-14(10-15-6-5-9-17(21)12-15)11-19(23)22-18(13-20(24)25)16-7-3-2-4-8-16/h2-9,12,14,18H,10-11,13H2,1H3,(H,22,23)(H,24,25). The van der Waals surface area contributed by atoms with Crippen molar-refractivity contribution < 1.29 is 19.1 Å². The quantitative estimate of drug-likeness (QED) is 0.767. The van der Waals surface area contributed by atoms with Crippen LogP contribution in [0, 0.1) is 11.7 Å². The van der Waals surface area contributed by atoms with E-state index >= 15 is 0 Å². The van der Waals surface area contributed by atoms with Crippen LogP contribution in [-0.2, 0) is 16.0 Å². The molecule has 5 heteroatoms. The number of rotatable bonds is 8. The number of carbonyl (C=O) groups is 2. The summed E-state index contributed by atoms with van der Waals surface area (Å²) in [5, 5.41) is 11.9. The fourth-order valence-corrected chi connectivity index (χ4v) is 2.82. The minimum Gasteiger partial charge on any atom is -0.481 e. The van der Waals surface area contributed by atoms with Crippen molar-refractivity contribution in [1.29, 1.82) is 0 Å². The Balaban J connectivity index is 1.95. The van der Waals surface area contributed by atoms with Gasteiger partial charge in [0.1, 0.15) is 5.82 Å². The van der Waals surface area contributed by atoms with Gasteiger partial charge in [0.15, 0.2) is 0 Å². The van der Waals surface area contributed by atoms with Gasteiger partial charge >= 0.3 is 5.97 Å². The minimum atomic E-state index is -0.970. The Hall–Kier alpha value is -2.69. The van der Waals surface area contributed by atoms with Crippen LogP contribution in [0.5, 0.6) is 0 Å². The molecule has 0 saturated heterocycles. The average Bonchev–Trinajstić information content (AvgIpc) is 2.54. The van der Waals surface area contributed by atoms with E-state index in [1.807, 2.05) is 31.2 Å². The summed E-state index contributed by atoms with van der Waals surface area (Å²) < 4.78 is 13.2. The topological polar surface area (TPSA) is 66.4 Å². The molecule has 2 unspecified atom stereocenters. The molecule has 0 aliphatic heterocycles. The highest BCUT2D eigenvalue weighted by atomic mass is 19.1. The molecule has 0 bridgehead atoms. The third-order valence-corrected chi connectivity index (χ3v) is 3.92. The molecular weight excluding hydrogens is 321 g/mol. The van der Waals surface area contributed by atoms with Crippen molar-refractivity contribution in [2.45, 2.75) is 32.2 Å². The van der Waals surface area contributed by atoms with Gasteiger partial charge in [-0.2, -0.15) is 0 Å². The van der Waals surface area contributed by atoms with E-state index in [1.54, 1.807) is 18.2 Å². The number of hydrogen-bond acceptors (Lipinski definition) is 2. The smallest absolute Gasteiger partial charge is 0.305 e. The zero-order chi connectivity index (χ0) is 18.2. The van der Waals surface area contributed by atoms with Gasteiger partial charge in [-0.15, -0.1) is 0 Å². The average molecular weight is 343 g/mol. The molecule has 0 aliphatic carbocycles. The molecule has 2 atom stereocenters. The number of amides is 1. The predicted molar refractivity (Wildman–Crippen MR) is 93.5 cm³/mol. The van der Waals surface area contributed by atoms with Gasteiger partial charge in [-0.1, -0.05) is 49.4 Å². The maximum absolute atomic E-state index is 13.2. The van der Waals surface area contributed by atoms with Crippen molar-refractivity contribution >= 4 is 11.9 Å². The second-order valence-electron chi connectivity index (χ2n) is 6.27. The maximum Gasteiger partial charge on any atom is 0.305 e. The molecule has 0 aliphatic rings. The fourth-order valence-electron chi connectivity index (χ4n) is 2.82. The highest BCUT2D eigenvalue weighted by Crippen LogP contribution is 2.18. The molecular formula is C20H22FNO3. The lowest BCUT2D eigenvalue weighted by Gasteiger charge is -2.19. The van der Waals surface area contributed by atoms with E-state index in [4.69, 9.17) is 5.11 Å². The van der Waals surface area contributed by atoms with Crippen LogP contribution >= 0.6 is 0 Å². The molecule has 4 nitrogen and oxygen atoms in total. The van der Waals surface area contributed by atoms with Gasteiger partial charge in [-0.3, -0.25) is 9.59 Å². The number of carbonyl (C=O) groups excluding carboxylic acids is 1. The molecule has 0 fully saturated rings. The van der Waals surface area contributed by atoms with Crippen LogP contribution in [0.15, 0.2) is 54.6 Å². The molecule has 0 saturated carbocycles. The Morgan fingerprint density at radius 3 is 2.44 bits per heavy atom. The third-order valence-electron chi connectivity index (χ3n) is 3.92. The Morgan fingerprint density at radius 2 is 1.80 bits per heavy atom. The molecule has 2 aromatic carbocycles. The molecule has 0 aromatic heterocycles. The lowest BCUT2D eigenvalue weighted by molar-refractivity contribution is -0.137. The Bertz CT molecular complexity index is 718. The van der Waals surface area contributed by atoms with E-state index in [2.05, 4.69) is 5.32 Å². The summed E-state index contributed by atoms with van der Waals surface area (Å²) in [5.41, 5.74) is 1.60. The third kappa shape index (κ3) is 6.37. The van der Waals surface area contributed by atoms with Crippen LogP contribution in [0.2, 0.25) is 0 Å². The van der Waals surface area contributed by atoms with Gasteiger partial charge < -0.3 is 10.4 Å². The van der Waals surface area contributed by atoms with Gasteiger partial charge in [0.2, 0.25) is 5.91 Å². The summed E-state index contributed by atoms with van der Waals surface area (Å²) in [6.45, 7) is 1.92. The van der Waals surface area contributed by atoms with Crippen molar-refractivity contribution in [1.82, 2.24) is 5.32 Å². The van der Waals surface area contributed by atoms with Crippen LogP contribution in [0.3, 0.4) is 0 Å². The number of benzene rings is 2. The van der Waals surface area contributed by atoms with Crippen molar-refractivity contribution in [3.05, 3.63) is 71.5 Å². The van der Waals surface area contributed by atoms with Crippen molar-refractivity contribution in [3.8, 4) is 0 Å².